The number of carbonyl (C=O) groups excluding carboxylic acids is 1. The second-order valence-corrected chi connectivity index (χ2v) is 9.72. The van der Waals surface area contributed by atoms with Crippen LogP contribution in [-0.2, 0) is 21.1 Å². The quantitative estimate of drug-likeness (QED) is 0.592. The van der Waals surface area contributed by atoms with E-state index < -0.39 is 26.6 Å². The average Bonchev–Trinajstić information content (AvgIpc) is 3.09. The number of benzene rings is 1. The summed E-state index contributed by atoms with van der Waals surface area (Å²) >= 11 is 0. The van der Waals surface area contributed by atoms with Crippen LogP contribution in [0.25, 0.3) is 0 Å². The molecule has 1 unspecified atom stereocenters. The van der Waals surface area contributed by atoms with E-state index in [0.29, 0.717) is 25.7 Å². The normalized spacial score (nSPS) is 17.2. The molecule has 0 heterocycles. The van der Waals surface area contributed by atoms with Gasteiger partial charge in [-0.05, 0) is 31.2 Å². The number of carboxylic acid groups (broad SMARTS) is 1. The number of aliphatic carboxylic acids is 1. The Morgan fingerprint density at radius 3 is 2.37 bits per heavy atom. The van der Waals surface area contributed by atoms with Crippen LogP contribution in [0.15, 0.2) is 30.3 Å². The largest absolute Gasteiger partial charge is 0.481 e. The summed E-state index contributed by atoms with van der Waals surface area (Å²) in [5, 5.41) is 14.4. The van der Waals surface area contributed by atoms with Crippen LogP contribution >= 0.6 is 0 Å². The van der Waals surface area contributed by atoms with Crippen LogP contribution in [-0.4, -0.2) is 49.1 Å². The van der Waals surface area contributed by atoms with Crippen molar-refractivity contribution < 1.29 is 23.1 Å². The molecule has 0 spiro atoms. The molecule has 7 nitrogen and oxygen atoms in total. The van der Waals surface area contributed by atoms with Gasteiger partial charge in [-0.15, -0.1) is 0 Å². The van der Waals surface area contributed by atoms with Crippen LogP contribution in [0.4, 0.5) is 4.79 Å². The summed E-state index contributed by atoms with van der Waals surface area (Å²) in [5.41, 5.74) is 0.997. The molecule has 2 rings (SSSR count). The van der Waals surface area contributed by atoms with Crippen LogP contribution in [0.2, 0.25) is 0 Å². The highest BCUT2D eigenvalue weighted by Gasteiger charge is 2.43. The molecule has 27 heavy (non-hydrogen) atoms. The first-order valence-corrected chi connectivity index (χ1v) is 11.1. The van der Waals surface area contributed by atoms with Crippen molar-refractivity contribution >= 4 is 21.8 Å². The number of hydrogen-bond donors (Lipinski definition) is 3. The van der Waals surface area contributed by atoms with Gasteiger partial charge >= 0.3 is 12.0 Å². The van der Waals surface area contributed by atoms with Gasteiger partial charge in [-0.2, -0.15) is 0 Å². The maximum atomic E-state index is 12.3. The Morgan fingerprint density at radius 1 is 1.19 bits per heavy atom. The second-order valence-electron chi connectivity index (χ2n) is 7.31. The Bertz CT molecular complexity index is 743. The third-order valence-corrected chi connectivity index (χ3v) is 7.36. The van der Waals surface area contributed by atoms with E-state index in [-0.39, 0.29) is 19.0 Å². The molecular weight excluding hydrogens is 368 g/mol. The van der Waals surface area contributed by atoms with E-state index in [4.69, 9.17) is 5.11 Å². The molecule has 2 amide bonds. The van der Waals surface area contributed by atoms with Crippen molar-refractivity contribution in [1.82, 2.24) is 10.6 Å². The van der Waals surface area contributed by atoms with E-state index in [1.807, 2.05) is 30.3 Å². The van der Waals surface area contributed by atoms with E-state index in [9.17, 15) is 18.0 Å². The summed E-state index contributed by atoms with van der Waals surface area (Å²) in [4.78, 5) is 23.2. The molecule has 8 heteroatoms. The molecule has 1 saturated carbocycles. The molecule has 150 valence electrons. The smallest absolute Gasteiger partial charge is 0.315 e. The Kier molecular flexibility index (Phi) is 7.24. The van der Waals surface area contributed by atoms with Crippen molar-refractivity contribution in [2.24, 2.45) is 0 Å². The topological polar surface area (TPSA) is 113 Å². The summed E-state index contributed by atoms with van der Waals surface area (Å²) in [6.07, 6.45) is 4.77. The fourth-order valence-electron chi connectivity index (χ4n) is 3.60. The molecule has 0 aliphatic heterocycles. The number of carboxylic acids is 1. The van der Waals surface area contributed by atoms with E-state index in [1.165, 1.54) is 6.26 Å². The molecule has 1 fully saturated rings. The van der Waals surface area contributed by atoms with Crippen molar-refractivity contribution in [3.63, 3.8) is 0 Å². The summed E-state index contributed by atoms with van der Waals surface area (Å²) < 4.78 is 23.5. The predicted molar refractivity (Wildman–Crippen MR) is 103 cm³/mol. The van der Waals surface area contributed by atoms with Gasteiger partial charge in [-0.1, -0.05) is 43.2 Å². The molecule has 0 saturated heterocycles. The second kappa shape index (κ2) is 9.21. The van der Waals surface area contributed by atoms with Gasteiger partial charge in [0.05, 0.1) is 4.75 Å². The zero-order valence-electron chi connectivity index (χ0n) is 15.6. The highest BCUT2D eigenvalue weighted by molar-refractivity contribution is 7.92. The molecule has 0 radical (unpaired) electrons. The number of rotatable bonds is 9. The number of carbonyl (C=O) groups is 2. The van der Waals surface area contributed by atoms with E-state index in [2.05, 4.69) is 10.6 Å². The lowest BCUT2D eigenvalue weighted by Gasteiger charge is -2.28. The van der Waals surface area contributed by atoms with Crippen LogP contribution < -0.4 is 10.6 Å². The minimum atomic E-state index is -3.28. The number of sulfone groups is 1. The predicted octanol–water partition coefficient (Wildman–Crippen LogP) is 2.12. The molecular formula is C19H28N2O5S. The van der Waals surface area contributed by atoms with Crippen molar-refractivity contribution in [3.05, 3.63) is 35.9 Å². The number of urea groups is 1. The summed E-state index contributed by atoms with van der Waals surface area (Å²) in [6, 6.07) is 8.70. The van der Waals surface area contributed by atoms with Gasteiger partial charge in [0.25, 0.3) is 0 Å². The van der Waals surface area contributed by atoms with Crippen molar-refractivity contribution in [2.45, 2.75) is 55.7 Å². The summed E-state index contributed by atoms with van der Waals surface area (Å²) in [7, 11) is -3.28. The van der Waals surface area contributed by atoms with Gasteiger partial charge in [0.2, 0.25) is 0 Å². The number of nitrogens with one attached hydrogen (secondary N) is 2. The fraction of sp³-hybridized carbons (Fsp3) is 0.579. The van der Waals surface area contributed by atoms with Crippen LogP contribution in [0.5, 0.6) is 0 Å². The van der Waals surface area contributed by atoms with Crippen LogP contribution in [0.1, 0.15) is 44.1 Å². The Balaban J connectivity index is 1.96. The van der Waals surface area contributed by atoms with E-state index in [0.717, 1.165) is 18.4 Å². The highest BCUT2D eigenvalue weighted by atomic mass is 32.2. The molecule has 0 aromatic heterocycles. The first-order chi connectivity index (χ1) is 12.7. The van der Waals surface area contributed by atoms with Crippen molar-refractivity contribution in [2.75, 3.05) is 12.8 Å². The number of hydrogen-bond acceptors (Lipinski definition) is 4. The monoisotopic (exact) mass is 396 g/mol. The maximum absolute atomic E-state index is 12.3. The van der Waals surface area contributed by atoms with Gasteiger partial charge in [0, 0.05) is 25.3 Å². The molecule has 3 N–H and O–H groups in total. The third-order valence-electron chi connectivity index (χ3n) is 5.24. The van der Waals surface area contributed by atoms with Crippen LogP contribution in [0.3, 0.4) is 0 Å². The number of amides is 2. The Labute approximate surface area is 160 Å². The van der Waals surface area contributed by atoms with E-state index >= 15 is 0 Å². The maximum Gasteiger partial charge on any atom is 0.315 e. The lowest BCUT2D eigenvalue weighted by atomic mass is 10.0. The minimum Gasteiger partial charge on any atom is -0.481 e. The lowest BCUT2D eigenvalue weighted by molar-refractivity contribution is -0.137. The summed E-state index contributed by atoms with van der Waals surface area (Å²) in [6.45, 7) is 0.0780. The first kappa shape index (κ1) is 21.2. The van der Waals surface area contributed by atoms with Crippen molar-refractivity contribution in [1.29, 1.82) is 0 Å². The molecule has 1 aromatic carbocycles. The highest BCUT2D eigenvalue weighted by Crippen LogP contribution is 2.35. The summed E-state index contributed by atoms with van der Waals surface area (Å²) in [5.74, 6) is -0.919. The molecule has 1 atom stereocenters. The zero-order valence-corrected chi connectivity index (χ0v) is 16.4. The van der Waals surface area contributed by atoms with Gasteiger partial charge < -0.3 is 15.7 Å². The standard InChI is InChI=1S/C19H28N2O5S/c1-27(25,26)19(11-5-6-12-19)14-20-18(24)21-16(9-10-17(22)23)13-15-7-3-2-4-8-15/h2-4,7-8,16H,5-6,9-14H2,1H3,(H,22,23)(H2,20,21,24). The molecule has 1 aliphatic carbocycles. The molecule has 1 aliphatic rings. The zero-order chi connectivity index (χ0) is 19.9. The van der Waals surface area contributed by atoms with Crippen LogP contribution in [0, 0.1) is 0 Å². The minimum absolute atomic E-state index is 0.0505. The van der Waals surface area contributed by atoms with Crippen molar-refractivity contribution in [3.8, 4) is 0 Å². The first-order valence-electron chi connectivity index (χ1n) is 9.21. The third kappa shape index (κ3) is 6.23. The Morgan fingerprint density at radius 2 is 1.81 bits per heavy atom. The average molecular weight is 397 g/mol. The Hall–Kier alpha value is -2.09. The lowest BCUT2D eigenvalue weighted by Crippen LogP contribution is -2.51. The SMILES string of the molecule is CS(=O)(=O)C1(CNC(=O)NC(CCC(=O)O)Cc2ccccc2)CCCC1. The van der Waals surface area contributed by atoms with E-state index in [1.54, 1.807) is 0 Å². The van der Waals surface area contributed by atoms with Gasteiger partial charge in [-0.3, -0.25) is 4.79 Å². The van der Waals surface area contributed by atoms with Gasteiger partial charge in [0.15, 0.2) is 9.84 Å². The molecule has 0 bridgehead atoms. The fourth-order valence-corrected chi connectivity index (χ4v) is 4.96. The van der Waals surface area contributed by atoms with Gasteiger partial charge in [-0.25, -0.2) is 13.2 Å². The van der Waals surface area contributed by atoms with Gasteiger partial charge in [0.1, 0.15) is 0 Å². The molecule has 1 aromatic rings.